The maximum absolute atomic E-state index is 10.6. The minimum Gasteiger partial charge on any atom is -0.387 e. The number of nitrogens with zero attached hydrogens (tertiary/aromatic N) is 1. The van der Waals surface area contributed by atoms with Crippen LogP contribution < -0.4 is 0 Å². The van der Waals surface area contributed by atoms with Crippen LogP contribution in [0, 0.1) is 0 Å². The van der Waals surface area contributed by atoms with Crippen molar-refractivity contribution in [2.45, 2.75) is 77.2 Å². The molecule has 0 saturated heterocycles. The van der Waals surface area contributed by atoms with E-state index in [1.54, 1.807) is 0 Å². The molecule has 0 amide bonds. The Labute approximate surface area is 148 Å². The number of hydrogen-bond acceptors (Lipinski definition) is 3. The lowest BCUT2D eigenvalue weighted by Gasteiger charge is -2.32. The third kappa shape index (κ3) is 16.9. The molecule has 0 aliphatic heterocycles. The molecule has 0 bridgehead atoms. The van der Waals surface area contributed by atoms with Gasteiger partial charge in [-0.25, -0.2) is 4.57 Å². The van der Waals surface area contributed by atoms with Gasteiger partial charge in [0.25, 0.3) is 0 Å². The average molecular weight is 368 g/mol. The molecule has 3 N–H and O–H groups in total. The molecular formula is C17H39NO5P+. The fourth-order valence-electron chi connectivity index (χ4n) is 2.94. The second kappa shape index (κ2) is 13.3. The molecule has 0 aliphatic rings. The van der Waals surface area contributed by atoms with E-state index in [9.17, 15) is 9.67 Å². The van der Waals surface area contributed by atoms with Crippen LogP contribution in [0.3, 0.4) is 0 Å². The molecule has 1 unspecified atom stereocenters. The maximum atomic E-state index is 10.6. The van der Waals surface area contributed by atoms with Gasteiger partial charge in [0.2, 0.25) is 0 Å². The molecule has 1 atom stereocenters. The molecule has 0 heterocycles. The number of unbranched alkanes of at least 4 members (excludes halogenated alkanes) is 7. The SMILES string of the molecule is CCCCCCCCCCC(O)C[N+](C)(C)CCCOP(=O)(O)O. The first-order chi connectivity index (χ1) is 11.2. The van der Waals surface area contributed by atoms with Crippen LogP contribution in [-0.4, -0.2) is 59.3 Å². The highest BCUT2D eigenvalue weighted by Crippen LogP contribution is 2.35. The van der Waals surface area contributed by atoms with Gasteiger partial charge in [0.15, 0.2) is 0 Å². The largest absolute Gasteiger partial charge is 0.469 e. The standard InChI is InChI=1S/C17H38NO5P/c1-4-5-6-7-8-9-10-11-13-17(19)16-18(2,3)14-12-15-23-24(20,21)22/h17,19H,4-16H2,1-3H3,(H-,20,21,22)/p+1. The number of rotatable bonds is 16. The van der Waals surface area contributed by atoms with E-state index in [1.807, 2.05) is 14.1 Å². The quantitative estimate of drug-likeness (QED) is 0.221. The lowest BCUT2D eigenvalue weighted by molar-refractivity contribution is -0.893. The van der Waals surface area contributed by atoms with Crippen molar-refractivity contribution in [2.75, 3.05) is 33.8 Å². The van der Waals surface area contributed by atoms with E-state index in [0.29, 0.717) is 24.0 Å². The van der Waals surface area contributed by atoms with Crippen LogP contribution in [0.4, 0.5) is 0 Å². The summed E-state index contributed by atoms with van der Waals surface area (Å²) in [6.45, 7) is 3.65. The van der Waals surface area contributed by atoms with E-state index < -0.39 is 7.82 Å². The minimum absolute atomic E-state index is 0.0418. The second-order valence-corrected chi connectivity index (χ2v) is 8.68. The zero-order valence-corrected chi connectivity index (χ0v) is 16.7. The molecule has 0 saturated carbocycles. The first-order valence-corrected chi connectivity index (χ1v) is 10.9. The first kappa shape index (κ1) is 24.0. The fourth-order valence-corrected chi connectivity index (χ4v) is 3.31. The topological polar surface area (TPSA) is 87.0 Å². The van der Waals surface area contributed by atoms with Gasteiger partial charge in [-0.15, -0.1) is 0 Å². The van der Waals surface area contributed by atoms with Gasteiger partial charge in [0.05, 0.1) is 27.2 Å². The van der Waals surface area contributed by atoms with Crippen LogP contribution >= 0.6 is 7.82 Å². The Bertz CT molecular complexity index is 346. The van der Waals surface area contributed by atoms with Gasteiger partial charge in [-0.1, -0.05) is 58.3 Å². The maximum Gasteiger partial charge on any atom is 0.469 e. The molecule has 7 heteroatoms. The molecule has 0 aromatic heterocycles. The highest BCUT2D eigenvalue weighted by atomic mass is 31.2. The van der Waals surface area contributed by atoms with Crippen molar-refractivity contribution in [3.05, 3.63) is 0 Å². The Morgan fingerprint density at radius 1 is 0.958 bits per heavy atom. The Balaban J connectivity index is 3.65. The highest BCUT2D eigenvalue weighted by molar-refractivity contribution is 7.46. The van der Waals surface area contributed by atoms with Gasteiger partial charge < -0.3 is 19.4 Å². The minimum atomic E-state index is -4.36. The second-order valence-electron chi connectivity index (χ2n) is 7.44. The van der Waals surface area contributed by atoms with Gasteiger partial charge >= 0.3 is 7.82 Å². The number of aliphatic hydroxyl groups excluding tert-OH is 1. The van der Waals surface area contributed by atoms with E-state index >= 15 is 0 Å². The lowest BCUT2D eigenvalue weighted by Crippen LogP contribution is -2.46. The summed E-state index contributed by atoms with van der Waals surface area (Å²) in [6, 6.07) is 0. The van der Waals surface area contributed by atoms with E-state index in [2.05, 4.69) is 11.4 Å². The van der Waals surface area contributed by atoms with Crippen molar-refractivity contribution < 1.29 is 28.5 Å². The van der Waals surface area contributed by atoms with Crippen molar-refractivity contribution in [2.24, 2.45) is 0 Å². The Morgan fingerprint density at radius 3 is 2.04 bits per heavy atom. The van der Waals surface area contributed by atoms with Gasteiger partial charge in [0.1, 0.15) is 12.6 Å². The molecule has 6 nitrogen and oxygen atoms in total. The van der Waals surface area contributed by atoms with Gasteiger partial charge in [-0.2, -0.15) is 0 Å². The van der Waals surface area contributed by atoms with Gasteiger partial charge in [0, 0.05) is 6.42 Å². The smallest absolute Gasteiger partial charge is 0.387 e. The number of quaternary nitrogens is 1. The zero-order chi connectivity index (χ0) is 18.5. The number of aliphatic hydroxyl groups is 1. The number of phosphoric acid groups is 1. The summed E-state index contributed by atoms with van der Waals surface area (Å²) in [5, 5.41) is 10.2. The molecular weight excluding hydrogens is 329 g/mol. The summed E-state index contributed by atoms with van der Waals surface area (Å²) >= 11 is 0. The molecule has 0 fully saturated rings. The predicted molar refractivity (Wildman–Crippen MR) is 97.7 cm³/mol. The van der Waals surface area contributed by atoms with Crippen LogP contribution in [0.2, 0.25) is 0 Å². The van der Waals surface area contributed by atoms with E-state index in [-0.39, 0.29) is 12.7 Å². The predicted octanol–water partition coefficient (Wildman–Crippen LogP) is 3.45. The van der Waals surface area contributed by atoms with E-state index in [0.717, 1.165) is 12.8 Å². The highest BCUT2D eigenvalue weighted by Gasteiger charge is 2.21. The van der Waals surface area contributed by atoms with Crippen molar-refractivity contribution >= 4 is 7.82 Å². The Kier molecular flexibility index (Phi) is 13.3. The van der Waals surface area contributed by atoms with Crippen LogP contribution in [0.1, 0.15) is 71.1 Å². The fraction of sp³-hybridized carbons (Fsp3) is 1.00. The van der Waals surface area contributed by atoms with Crippen molar-refractivity contribution in [1.82, 2.24) is 0 Å². The summed E-state index contributed by atoms with van der Waals surface area (Å²) in [7, 11) is -0.318. The monoisotopic (exact) mass is 368 g/mol. The molecule has 0 radical (unpaired) electrons. The molecule has 0 aliphatic carbocycles. The van der Waals surface area contributed by atoms with Gasteiger partial charge in [-0.05, 0) is 6.42 Å². The summed E-state index contributed by atoms with van der Waals surface area (Å²) < 4.78 is 15.7. The van der Waals surface area contributed by atoms with Crippen molar-refractivity contribution in [3.8, 4) is 0 Å². The third-order valence-electron chi connectivity index (χ3n) is 4.26. The third-order valence-corrected chi connectivity index (χ3v) is 4.78. The van der Waals surface area contributed by atoms with Crippen LogP contribution in [0.25, 0.3) is 0 Å². The molecule has 0 aromatic rings. The van der Waals surface area contributed by atoms with Gasteiger partial charge in [-0.3, -0.25) is 4.52 Å². The first-order valence-electron chi connectivity index (χ1n) is 9.36. The molecule has 24 heavy (non-hydrogen) atoms. The summed E-state index contributed by atoms with van der Waals surface area (Å²) in [5.74, 6) is 0. The van der Waals surface area contributed by atoms with E-state index in [1.165, 1.54) is 44.9 Å². The lowest BCUT2D eigenvalue weighted by atomic mass is 10.1. The number of hydrogen-bond donors (Lipinski definition) is 3. The number of phosphoric ester groups is 1. The summed E-state index contributed by atoms with van der Waals surface area (Å²) in [4.78, 5) is 17.3. The van der Waals surface area contributed by atoms with E-state index in [4.69, 9.17) is 9.79 Å². The van der Waals surface area contributed by atoms with Crippen LogP contribution in [-0.2, 0) is 9.09 Å². The molecule has 0 spiro atoms. The molecule has 0 rings (SSSR count). The average Bonchev–Trinajstić information content (AvgIpc) is 2.45. The molecule has 0 aromatic carbocycles. The Morgan fingerprint density at radius 2 is 1.50 bits per heavy atom. The normalized spacial score (nSPS) is 14.1. The van der Waals surface area contributed by atoms with Crippen LogP contribution in [0.5, 0.6) is 0 Å². The summed E-state index contributed by atoms with van der Waals surface area (Å²) in [6.07, 6.45) is 11.2. The zero-order valence-electron chi connectivity index (χ0n) is 15.8. The number of likely N-dealkylation sites (N-methyl/N-ethyl adjacent to an activating group) is 1. The van der Waals surface area contributed by atoms with Crippen molar-refractivity contribution in [3.63, 3.8) is 0 Å². The molecule has 146 valence electrons. The Hall–Kier alpha value is 0.0300. The van der Waals surface area contributed by atoms with Crippen molar-refractivity contribution in [1.29, 1.82) is 0 Å². The summed E-state index contributed by atoms with van der Waals surface area (Å²) in [5.41, 5.74) is 0. The van der Waals surface area contributed by atoms with Crippen LogP contribution in [0.15, 0.2) is 0 Å².